The number of cyclic esters (lactones) is 1. The third kappa shape index (κ3) is 2.64. The minimum Gasteiger partial charge on any atom is -0.447 e. The second-order valence-electron chi connectivity index (χ2n) is 7.27. The molecule has 1 aromatic rings. The molecule has 4 aliphatic rings. The van der Waals surface area contributed by atoms with Crippen molar-refractivity contribution < 1.29 is 14.3 Å². The summed E-state index contributed by atoms with van der Waals surface area (Å²) in [5, 5.41) is 0. The van der Waals surface area contributed by atoms with Crippen LogP contribution in [0.2, 0.25) is 0 Å². The van der Waals surface area contributed by atoms with Crippen molar-refractivity contribution in [2.45, 2.75) is 38.6 Å². The Balaban J connectivity index is 1.59. The molecule has 1 saturated carbocycles. The van der Waals surface area contributed by atoms with E-state index in [-0.39, 0.29) is 29.8 Å². The first-order chi connectivity index (χ1) is 11.6. The largest absolute Gasteiger partial charge is 0.447 e. The van der Waals surface area contributed by atoms with E-state index in [0.717, 1.165) is 31.4 Å². The molecular formula is C20H23NO3. The van der Waals surface area contributed by atoms with Gasteiger partial charge in [0.2, 0.25) is 0 Å². The van der Waals surface area contributed by atoms with Gasteiger partial charge in [-0.05, 0) is 50.0 Å². The van der Waals surface area contributed by atoms with Crippen molar-refractivity contribution in [3.05, 3.63) is 47.7 Å². The van der Waals surface area contributed by atoms with Gasteiger partial charge in [-0.2, -0.15) is 0 Å². The topological polar surface area (TPSA) is 46.6 Å². The molecule has 1 heterocycles. The van der Waals surface area contributed by atoms with E-state index in [2.05, 4.69) is 18.2 Å². The Labute approximate surface area is 142 Å². The molecular weight excluding hydrogens is 302 g/mol. The van der Waals surface area contributed by atoms with Crippen LogP contribution in [-0.4, -0.2) is 29.4 Å². The lowest BCUT2D eigenvalue weighted by Gasteiger charge is -2.43. The molecule has 0 unspecified atom stereocenters. The number of hydrogen-bond acceptors (Lipinski definition) is 3. The number of carbonyl (C=O) groups is 2. The molecule has 1 aromatic carbocycles. The van der Waals surface area contributed by atoms with E-state index >= 15 is 0 Å². The number of amides is 1. The first-order valence-corrected chi connectivity index (χ1v) is 8.85. The molecule has 2 fully saturated rings. The van der Waals surface area contributed by atoms with Crippen molar-refractivity contribution in [3.8, 4) is 0 Å². The normalized spacial score (nSPS) is 31.8. The van der Waals surface area contributed by atoms with E-state index in [1.54, 1.807) is 6.92 Å². The van der Waals surface area contributed by atoms with Gasteiger partial charge in [-0.3, -0.25) is 9.69 Å². The number of allylic oxidation sites excluding steroid dienone is 2. The van der Waals surface area contributed by atoms with Crippen LogP contribution in [0.4, 0.5) is 4.79 Å². The Kier molecular flexibility index (Phi) is 3.91. The molecule has 5 rings (SSSR count). The summed E-state index contributed by atoms with van der Waals surface area (Å²) in [5.74, 6) is 1.02. The predicted molar refractivity (Wildman–Crippen MR) is 90.2 cm³/mol. The average Bonchev–Trinajstić information content (AvgIpc) is 2.96. The van der Waals surface area contributed by atoms with Crippen molar-refractivity contribution >= 4 is 11.9 Å². The minimum atomic E-state index is -0.228. The molecule has 0 aromatic heterocycles. The molecule has 1 saturated heterocycles. The summed E-state index contributed by atoms with van der Waals surface area (Å²) in [4.78, 5) is 26.1. The number of nitrogens with zero attached hydrogens (tertiary/aromatic N) is 1. The lowest BCUT2D eigenvalue weighted by atomic mass is 9.66. The van der Waals surface area contributed by atoms with Crippen molar-refractivity contribution in [1.82, 2.24) is 4.90 Å². The van der Waals surface area contributed by atoms with Gasteiger partial charge in [0.15, 0.2) is 0 Å². The molecule has 0 N–H and O–H groups in total. The van der Waals surface area contributed by atoms with Gasteiger partial charge in [0.25, 0.3) is 0 Å². The standard InChI is InChI=1S/C20H23NO3/c1-13(22)18-10-16-8-7-15(18)11-19(16)21-17(12-24-20(21)23)9-14-5-3-2-4-6-14/h2-6,11,15-18H,7-10,12H2,1H3/t15-,16-,17+,18+/m0/s1. The van der Waals surface area contributed by atoms with Crippen LogP contribution in [0, 0.1) is 17.8 Å². The number of rotatable bonds is 4. The smallest absolute Gasteiger partial charge is 0.414 e. The first kappa shape index (κ1) is 15.4. The van der Waals surface area contributed by atoms with Crippen LogP contribution >= 0.6 is 0 Å². The van der Waals surface area contributed by atoms with Crippen LogP contribution in [0.3, 0.4) is 0 Å². The monoisotopic (exact) mass is 325 g/mol. The summed E-state index contributed by atoms with van der Waals surface area (Å²) >= 11 is 0. The van der Waals surface area contributed by atoms with E-state index in [1.807, 2.05) is 23.1 Å². The van der Waals surface area contributed by atoms with Crippen LogP contribution in [0.15, 0.2) is 42.1 Å². The van der Waals surface area contributed by atoms with Gasteiger partial charge in [-0.1, -0.05) is 36.4 Å². The number of fused-ring (bicyclic) bond motifs is 2. The first-order valence-electron chi connectivity index (χ1n) is 8.85. The second-order valence-corrected chi connectivity index (χ2v) is 7.27. The summed E-state index contributed by atoms with van der Waals surface area (Å²) < 4.78 is 5.36. The zero-order valence-electron chi connectivity index (χ0n) is 14.0. The fourth-order valence-electron chi connectivity index (χ4n) is 4.58. The number of hydrogen-bond donors (Lipinski definition) is 0. The van der Waals surface area contributed by atoms with Crippen LogP contribution in [0.25, 0.3) is 0 Å². The highest BCUT2D eigenvalue weighted by Gasteiger charge is 2.45. The molecule has 1 aliphatic heterocycles. The van der Waals surface area contributed by atoms with E-state index in [0.29, 0.717) is 12.5 Å². The predicted octanol–water partition coefficient (Wildman–Crippen LogP) is 3.57. The van der Waals surface area contributed by atoms with Gasteiger partial charge in [-0.15, -0.1) is 0 Å². The molecule has 2 bridgehead atoms. The number of ether oxygens (including phenoxy) is 1. The molecule has 0 spiro atoms. The molecule has 3 aliphatic carbocycles. The maximum absolute atomic E-state index is 12.4. The SMILES string of the molecule is CC(=O)[C@H]1C[C@@H]2CC[C@H]1C=C2N1C(=O)OC[C@H]1Cc1ccccc1. The molecule has 4 heteroatoms. The summed E-state index contributed by atoms with van der Waals surface area (Å²) in [6.07, 6.45) is 5.78. The highest BCUT2D eigenvalue weighted by atomic mass is 16.6. The minimum absolute atomic E-state index is 0.0567. The van der Waals surface area contributed by atoms with Crippen LogP contribution in [0.1, 0.15) is 31.7 Å². The van der Waals surface area contributed by atoms with Crippen molar-refractivity contribution in [1.29, 1.82) is 0 Å². The molecule has 1 amide bonds. The van der Waals surface area contributed by atoms with Gasteiger partial charge >= 0.3 is 6.09 Å². The van der Waals surface area contributed by atoms with E-state index < -0.39 is 0 Å². The van der Waals surface area contributed by atoms with Crippen molar-refractivity contribution in [2.24, 2.45) is 17.8 Å². The zero-order valence-corrected chi connectivity index (χ0v) is 14.0. The zero-order chi connectivity index (χ0) is 16.7. The summed E-state index contributed by atoms with van der Waals surface area (Å²) in [7, 11) is 0. The Hall–Kier alpha value is -2.10. The number of benzene rings is 1. The Bertz CT molecular complexity index is 681. The third-order valence-corrected chi connectivity index (χ3v) is 5.78. The number of Topliss-reactive ketones (excluding diaryl/α,β-unsaturated/α-hetero) is 1. The Morgan fingerprint density at radius 1 is 1.25 bits per heavy atom. The summed E-state index contributed by atoms with van der Waals surface area (Å²) in [6, 6.07) is 10.3. The lowest BCUT2D eigenvalue weighted by Crippen LogP contribution is -2.43. The van der Waals surface area contributed by atoms with E-state index in [9.17, 15) is 9.59 Å². The van der Waals surface area contributed by atoms with Crippen molar-refractivity contribution in [3.63, 3.8) is 0 Å². The van der Waals surface area contributed by atoms with Gasteiger partial charge < -0.3 is 4.74 Å². The van der Waals surface area contributed by atoms with Gasteiger partial charge in [0.05, 0.1) is 6.04 Å². The molecule has 4 nitrogen and oxygen atoms in total. The average molecular weight is 325 g/mol. The lowest BCUT2D eigenvalue weighted by molar-refractivity contribution is -0.123. The molecule has 0 radical (unpaired) electrons. The Morgan fingerprint density at radius 2 is 2.04 bits per heavy atom. The maximum atomic E-state index is 12.4. The highest BCUT2D eigenvalue weighted by molar-refractivity contribution is 5.79. The van der Waals surface area contributed by atoms with Gasteiger partial charge in [0.1, 0.15) is 12.4 Å². The quantitative estimate of drug-likeness (QED) is 0.850. The van der Waals surface area contributed by atoms with Gasteiger partial charge in [0, 0.05) is 11.6 Å². The summed E-state index contributed by atoms with van der Waals surface area (Å²) in [6.45, 7) is 2.14. The van der Waals surface area contributed by atoms with Gasteiger partial charge in [-0.25, -0.2) is 4.79 Å². The number of carbonyl (C=O) groups excluding carboxylic acids is 2. The Morgan fingerprint density at radius 3 is 2.71 bits per heavy atom. The molecule has 126 valence electrons. The van der Waals surface area contributed by atoms with Crippen LogP contribution in [-0.2, 0) is 16.0 Å². The maximum Gasteiger partial charge on any atom is 0.414 e. The second kappa shape index (κ2) is 6.08. The van der Waals surface area contributed by atoms with Crippen LogP contribution < -0.4 is 0 Å². The molecule has 24 heavy (non-hydrogen) atoms. The number of ketones is 1. The van der Waals surface area contributed by atoms with E-state index in [4.69, 9.17) is 4.74 Å². The third-order valence-electron chi connectivity index (χ3n) is 5.78. The fraction of sp³-hybridized carbons (Fsp3) is 0.500. The van der Waals surface area contributed by atoms with Crippen molar-refractivity contribution in [2.75, 3.05) is 6.61 Å². The fourth-order valence-corrected chi connectivity index (χ4v) is 4.58. The van der Waals surface area contributed by atoms with Crippen LogP contribution in [0.5, 0.6) is 0 Å². The summed E-state index contributed by atoms with van der Waals surface area (Å²) in [5.41, 5.74) is 2.32. The van der Waals surface area contributed by atoms with E-state index in [1.165, 1.54) is 5.56 Å². The molecule has 4 atom stereocenters. The highest BCUT2D eigenvalue weighted by Crippen LogP contribution is 2.47.